The summed E-state index contributed by atoms with van der Waals surface area (Å²) in [4.78, 5) is 25.3. The highest BCUT2D eigenvalue weighted by molar-refractivity contribution is 5.83. The van der Waals surface area contributed by atoms with Gasteiger partial charge in [-0.2, -0.15) is 15.0 Å². The molecule has 0 aliphatic rings. The number of likely N-dealkylation sites (N-methyl/N-ethyl adjacent to an activating group) is 1. The molecule has 1 atom stereocenters. The number of anilines is 2. The molecule has 4 N–H and O–H groups in total. The summed E-state index contributed by atoms with van der Waals surface area (Å²) in [7, 11) is 3.15. The summed E-state index contributed by atoms with van der Waals surface area (Å²) < 4.78 is 4.91. The number of nitrogens with zero attached hydrogens (tertiary/aromatic N) is 4. The van der Waals surface area contributed by atoms with Gasteiger partial charge in [0.1, 0.15) is 6.04 Å². The first-order chi connectivity index (χ1) is 9.01. The fraction of sp³-hybridized carbons (Fsp3) is 0.600. The Morgan fingerprint density at radius 1 is 1.42 bits per heavy atom. The smallest absolute Gasteiger partial charge is 0.322 e. The van der Waals surface area contributed by atoms with Crippen molar-refractivity contribution in [2.75, 3.05) is 31.4 Å². The molecule has 1 unspecified atom stereocenters. The van der Waals surface area contributed by atoms with Crippen LogP contribution in [-0.2, 0) is 4.79 Å². The molecule has 1 heterocycles. The molecule has 0 aromatic carbocycles. The van der Waals surface area contributed by atoms with Crippen molar-refractivity contribution in [1.82, 2.24) is 19.9 Å². The summed E-state index contributed by atoms with van der Waals surface area (Å²) in [5, 5.41) is 2.88. The fourth-order valence-electron chi connectivity index (χ4n) is 1.32. The van der Waals surface area contributed by atoms with E-state index in [2.05, 4.69) is 25.7 Å². The van der Waals surface area contributed by atoms with E-state index in [-0.39, 0.29) is 23.8 Å². The molecular weight excluding hydrogens is 250 g/mol. The molecule has 0 saturated heterocycles. The Hall–Kier alpha value is -2.16. The minimum Gasteiger partial charge on any atom is -0.467 e. The lowest BCUT2D eigenvalue weighted by molar-refractivity contribution is -0.130. The molecule has 9 nitrogen and oxygen atoms in total. The number of carbonyl (C=O) groups excluding carboxylic acids is 1. The summed E-state index contributed by atoms with van der Waals surface area (Å²) in [5.41, 5.74) is 2.30. The normalized spacial score (nSPS) is 11.6. The molecule has 106 valence electrons. The number of amides is 1. The molecular formula is C10H19N7O2. The van der Waals surface area contributed by atoms with Gasteiger partial charge in [-0.15, -0.1) is 0 Å². The summed E-state index contributed by atoms with van der Waals surface area (Å²) in [6, 6.07) is -0.364. The zero-order valence-electron chi connectivity index (χ0n) is 11.5. The van der Waals surface area contributed by atoms with Gasteiger partial charge in [0.25, 0.3) is 0 Å². The van der Waals surface area contributed by atoms with Gasteiger partial charge in [0.05, 0.1) is 7.11 Å². The van der Waals surface area contributed by atoms with Crippen molar-refractivity contribution >= 4 is 17.8 Å². The Morgan fingerprint density at radius 2 is 2.05 bits per heavy atom. The second-order valence-corrected chi connectivity index (χ2v) is 3.83. The summed E-state index contributed by atoms with van der Waals surface area (Å²) in [6.45, 7) is 4.24. The Morgan fingerprint density at radius 3 is 2.58 bits per heavy atom. The second-order valence-electron chi connectivity index (χ2n) is 3.83. The summed E-state index contributed by atoms with van der Waals surface area (Å²) in [6.07, 6.45) is 0. The number of hydrogen-bond donors (Lipinski definition) is 3. The molecule has 0 spiro atoms. The van der Waals surface area contributed by atoms with Crippen LogP contribution in [0.1, 0.15) is 13.8 Å². The van der Waals surface area contributed by atoms with Gasteiger partial charge in [-0.1, -0.05) is 0 Å². The van der Waals surface area contributed by atoms with Crippen LogP contribution in [0.2, 0.25) is 0 Å². The Balaban J connectivity index is 2.83. The van der Waals surface area contributed by atoms with Gasteiger partial charge in [-0.3, -0.25) is 10.2 Å². The quantitative estimate of drug-likeness (QED) is 0.465. The molecule has 0 radical (unpaired) electrons. The molecule has 1 rings (SSSR count). The first kappa shape index (κ1) is 14.9. The topological polar surface area (TPSA) is 118 Å². The maximum atomic E-state index is 11.9. The van der Waals surface area contributed by atoms with Gasteiger partial charge >= 0.3 is 6.01 Å². The molecule has 1 aromatic heterocycles. The third kappa shape index (κ3) is 3.91. The molecule has 19 heavy (non-hydrogen) atoms. The number of aromatic nitrogens is 3. The third-order valence-electron chi connectivity index (χ3n) is 2.49. The van der Waals surface area contributed by atoms with Crippen molar-refractivity contribution < 1.29 is 9.53 Å². The minimum absolute atomic E-state index is 0.0656. The van der Waals surface area contributed by atoms with Crippen LogP contribution in [0, 0.1) is 0 Å². The van der Waals surface area contributed by atoms with Crippen molar-refractivity contribution in [2.24, 2.45) is 5.84 Å². The molecule has 9 heteroatoms. The number of nitrogens with two attached hydrogens (primary N) is 1. The monoisotopic (exact) mass is 269 g/mol. The number of hydrazine groups is 1. The van der Waals surface area contributed by atoms with Gasteiger partial charge in [0.15, 0.2) is 0 Å². The van der Waals surface area contributed by atoms with Crippen molar-refractivity contribution in [1.29, 1.82) is 0 Å². The highest BCUT2D eigenvalue weighted by atomic mass is 16.5. The number of nitrogens with one attached hydrogen (secondary N) is 2. The number of rotatable bonds is 6. The molecule has 1 amide bonds. The number of carbonyl (C=O) groups is 1. The number of ether oxygens (including phenoxy) is 1. The SMILES string of the molecule is CCN(C)C(=O)C(C)Nc1nc(NN)nc(OC)n1. The summed E-state index contributed by atoms with van der Waals surface area (Å²) in [5.74, 6) is 5.54. The molecule has 1 aromatic rings. The highest BCUT2D eigenvalue weighted by Crippen LogP contribution is 2.11. The lowest BCUT2D eigenvalue weighted by Gasteiger charge is -2.20. The standard InChI is InChI=1S/C10H19N7O2/c1-5-17(3)7(18)6(2)12-8-13-9(16-11)15-10(14-8)19-4/h6H,5,11H2,1-4H3,(H2,12,13,14,15,16). The Bertz CT molecular complexity index is 418. The van der Waals surface area contributed by atoms with Gasteiger partial charge in [-0.25, -0.2) is 5.84 Å². The zero-order chi connectivity index (χ0) is 14.4. The van der Waals surface area contributed by atoms with Crippen molar-refractivity contribution in [3.8, 4) is 6.01 Å². The fourth-order valence-corrected chi connectivity index (χ4v) is 1.32. The van der Waals surface area contributed by atoms with E-state index in [1.807, 2.05) is 6.92 Å². The van der Waals surface area contributed by atoms with E-state index < -0.39 is 6.04 Å². The predicted octanol–water partition coefficient (Wildman–Crippen LogP) is -0.555. The van der Waals surface area contributed by atoms with Crippen molar-refractivity contribution in [3.63, 3.8) is 0 Å². The van der Waals surface area contributed by atoms with Crippen LogP contribution in [-0.4, -0.2) is 52.5 Å². The number of hydrogen-bond acceptors (Lipinski definition) is 8. The van der Waals surface area contributed by atoms with E-state index >= 15 is 0 Å². The first-order valence-corrected chi connectivity index (χ1v) is 5.80. The number of methoxy groups -OCH3 is 1. The van der Waals surface area contributed by atoms with Crippen LogP contribution < -0.4 is 21.3 Å². The second kappa shape index (κ2) is 6.69. The van der Waals surface area contributed by atoms with Crippen molar-refractivity contribution in [2.45, 2.75) is 19.9 Å². The van der Waals surface area contributed by atoms with Gasteiger partial charge in [-0.05, 0) is 13.8 Å². The molecule has 0 bridgehead atoms. The highest BCUT2D eigenvalue weighted by Gasteiger charge is 2.18. The van der Waals surface area contributed by atoms with Gasteiger partial charge in [0, 0.05) is 13.6 Å². The average molecular weight is 269 g/mol. The van der Waals surface area contributed by atoms with E-state index in [4.69, 9.17) is 10.6 Å². The van der Waals surface area contributed by atoms with Crippen molar-refractivity contribution in [3.05, 3.63) is 0 Å². The molecule has 0 aliphatic heterocycles. The minimum atomic E-state index is -0.470. The number of nitrogen functional groups attached to an aromatic ring is 1. The van der Waals surface area contributed by atoms with E-state index in [1.165, 1.54) is 7.11 Å². The molecule has 0 fully saturated rings. The largest absolute Gasteiger partial charge is 0.467 e. The van der Waals surface area contributed by atoms with E-state index in [1.54, 1.807) is 18.9 Å². The van der Waals surface area contributed by atoms with Crippen LogP contribution >= 0.6 is 0 Å². The maximum Gasteiger partial charge on any atom is 0.322 e. The van der Waals surface area contributed by atoms with E-state index in [9.17, 15) is 4.79 Å². The van der Waals surface area contributed by atoms with Crippen LogP contribution in [0.15, 0.2) is 0 Å². The molecule has 0 saturated carbocycles. The Kier molecular flexibility index (Phi) is 5.24. The van der Waals surface area contributed by atoms with Gasteiger partial charge < -0.3 is 15.0 Å². The molecule has 0 aliphatic carbocycles. The Labute approximate surface area is 111 Å². The zero-order valence-corrected chi connectivity index (χ0v) is 11.5. The van der Waals surface area contributed by atoms with Crippen LogP contribution in [0.25, 0.3) is 0 Å². The lowest BCUT2D eigenvalue weighted by atomic mass is 10.3. The lowest BCUT2D eigenvalue weighted by Crippen LogP contribution is -2.39. The van der Waals surface area contributed by atoms with Crippen LogP contribution in [0.5, 0.6) is 6.01 Å². The van der Waals surface area contributed by atoms with E-state index in [0.717, 1.165) is 0 Å². The average Bonchev–Trinajstić information content (AvgIpc) is 2.44. The van der Waals surface area contributed by atoms with E-state index in [0.29, 0.717) is 6.54 Å². The first-order valence-electron chi connectivity index (χ1n) is 5.80. The van der Waals surface area contributed by atoms with Crippen LogP contribution in [0.4, 0.5) is 11.9 Å². The maximum absolute atomic E-state index is 11.9. The predicted molar refractivity (Wildman–Crippen MR) is 70.6 cm³/mol. The summed E-state index contributed by atoms with van der Waals surface area (Å²) >= 11 is 0. The van der Waals surface area contributed by atoms with Crippen LogP contribution in [0.3, 0.4) is 0 Å². The van der Waals surface area contributed by atoms with Gasteiger partial charge in [0.2, 0.25) is 17.8 Å². The third-order valence-corrected chi connectivity index (χ3v) is 2.49.